The largest absolute Gasteiger partial charge is 0.301 e. The molecule has 0 aliphatic rings. The van der Waals surface area contributed by atoms with Gasteiger partial charge in [-0.25, -0.2) is 4.98 Å². The van der Waals surface area contributed by atoms with Crippen molar-refractivity contribution in [3.8, 4) is 5.69 Å². The molecule has 2 aromatic carbocycles. The highest BCUT2D eigenvalue weighted by Crippen LogP contribution is 2.27. The normalized spacial score (nSPS) is 11.0. The maximum atomic E-state index is 12.3. The summed E-state index contributed by atoms with van der Waals surface area (Å²) in [5.41, 5.74) is 2.81. The van der Waals surface area contributed by atoms with Crippen LogP contribution in [0.15, 0.2) is 47.6 Å². The Bertz CT molecular complexity index is 1110. The molecule has 136 valence electrons. The molecule has 0 saturated heterocycles. The number of nitrogens with zero attached hydrogens (tertiary/aromatic N) is 5. The van der Waals surface area contributed by atoms with Crippen LogP contribution in [0.1, 0.15) is 5.56 Å². The van der Waals surface area contributed by atoms with Crippen molar-refractivity contribution >= 4 is 56.0 Å². The smallest absolute Gasteiger partial charge is 0.236 e. The second-order valence-electron chi connectivity index (χ2n) is 5.68. The van der Waals surface area contributed by atoms with E-state index in [1.54, 1.807) is 16.8 Å². The van der Waals surface area contributed by atoms with Crippen molar-refractivity contribution in [1.82, 2.24) is 25.2 Å². The Morgan fingerprint density at radius 3 is 2.89 bits per heavy atom. The summed E-state index contributed by atoms with van der Waals surface area (Å²) in [6, 6.07) is 13.1. The third kappa shape index (κ3) is 4.10. The van der Waals surface area contributed by atoms with E-state index in [-0.39, 0.29) is 11.7 Å². The van der Waals surface area contributed by atoms with Crippen LogP contribution in [0.3, 0.4) is 0 Å². The van der Waals surface area contributed by atoms with Crippen LogP contribution in [0.2, 0.25) is 5.02 Å². The molecule has 1 amide bonds. The van der Waals surface area contributed by atoms with Crippen molar-refractivity contribution in [1.29, 1.82) is 0 Å². The van der Waals surface area contributed by atoms with Gasteiger partial charge in [-0.15, -0.1) is 5.10 Å². The van der Waals surface area contributed by atoms with Gasteiger partial charge in [0.1, 0.15) is 0 Å². The Kier molecular flexibility index (Phi) is 5.06. The molecule has 0 spiro atoms. The number of aryl methyl sites for hydroxylation is 1. The highest BCUT2D eigenvalue weighted by molar-refractivity contribution is 7.99. The lowest BCUT2D eigenvalue weighted by molar-refractivity contribution is -0.113. The van der Waals surface area contributed by atoms with E-state index < -0.39 is 0 Å². The van der Waals surface area contributed by atoms with Gasteiger partial charge in [-0.1, -0.05) is 40.8 Å². The number of rotatable bonds is 5. The number of nitrogens with one attached hydrogen (secondary N) is 1. The molecule has 0 fully saturated rings. The lowest BCUT2D eigenvalue weighted by atomic mass is 10.2. The van der Waals surface area contributed by atoms with Crippen molar-refractivity contribution in [2.75, 3.05) is 11.1 Å². The number of hydrogen-bond donors (Lipinski definition) is 1. The summed E-state index contributed by atoms with van der Waals surface area (Å²) in [6.45, 7) is 2.03. The maximum absolute atomic E-state index is 12.3. The molecule has 0 radical (unpaired) electrons. The Labute approximate surface area is 167 Å². The van der Waals surface area contributed by atoms with Crippen molar-refractivity contribution < 1.29 is 4.79 Å². The van der Waals surface area contributed by atoms with Crippen LogP contribution in [-0.4, -0.2) is 36.9 Å². The molecule has 0 saturated carbocycles. The zero-order valence-electron chi connectivity index (χ0n) is 14.1. The predicted octanol–water partition coefficient (Wildman–Crippen LogP) is 3.96. The second kappa shape index (κ2) is 7.63. The third-order valence-corrected chi connectivity index (χ3v) is 5.74. The number of halogens is 1. The van der Waals surface area contributed by atoms with Gasteiger partial charge in [-0.2, -0.15) is 4.68 Å². The van der Waals surface area contributed by atoms with Gasteiger partial charge in [-0.3, -0.25) is 4.79 Å². The van der Waals surface area contributed by atoms with Gasteiger partial charge in [0, 0.05) is 5.02 Å². The molecule has 0 unspecified atom stereocenters. The van der Waals surface area contributed by atoms with E-state index in [0.717, 1.165) is 21.5 Å². The minimum absolute atomic E-state index is 0.165. The van der Waals surface area contributed by atoms with Crippen LogP contribution in [0, 0.1) is 6.92 Å². The van der Waals surface area contributed by atoms with Crippen molar-refractivity contribution in [3.63, 3.8) is 0 Å². The highest BCUT2D eigenvalue weighted by Gasteiger charge is 2.13. The number of benzene rings is 2. The van der Waals surface area contributed by atoms with Gasteiger partial charge < -0.3 is 5.32 Å². The average molecular weight is 417 g/mol. The SMILES string of the molecule is Cc1ccc2nc(NC(=O)CSc3nnnn3-c3ccc(Cl)cc3)sc2c1. The first-order valence-corrected chi connectivity index (χ1v) is 10.1. The minimum atomic E-state index is -0.165. The molecule has 2 aromatic heterocycles. The van der Waals surface area contributed by atoms with Gasteiger partial charge in [0.15, 0.2) is 5.13 Å². The average Bonchev–Trinajstić information content (AvgIpc) is 3.26. The molecule has 4 aromatic rings. The van der Waals surface area contributed by atoms with E-state index in [2.05, 4.69) is 31.9 Å². The Balaban J connectivity index is 1.42. The van der Waals surface area contributed by atoms with Crippen molar-refractivity contribution in [2.45, 2.75) is 12.1 Å². The fourth-order valence-electron chi connectivity index (χ4n) is 2.38. The van der Waals surface area contributed by atoms with Crippen LogP contribution in [0.5, 0.6) is 0 Å². The first-order chi connectivity index (χ1) is 13.1. The van der Waals surface area contributed by atoms with Gasteiger partial charge in [0.05, 0.1) is 21.7 Å². The van der Waals surface area contributed by atoms with Crippen molar-refractivity contribution in [3.05, 3.63) is 53.1 Å². The Morgan fingerprint density at radius 1 is 1.26 bits per heavy atom. The molecule has 1 N–H and O–H groups in total. The summed E-state index contributed by atoms with van der Waals surface area (Å²) in [7, 11) is 0. The fraction of sp³-hybridized carbons (Fsp3) is 0.118. The number of carbonyl (C=O) groups is 1. The zero-order valence-corrected chi connectivity index (χ0v) is 16.5. The number of amides is 1. The summed E-state index contributed by atoms with van der Waals surface area (Å²) >= 11 is 8.61. The second-order valence-corrected chi connectivity index (χ2v) is 8.09. The first kappa shape index (κ1) is 17.9. The lowest BCUT2D eigenvalue weighted by Crippen LogP contribution is -2.14. The van der Waals surface area contributed by atoms with Crippen LogP contribution < -0.4 is 5.32 Å². The van der Waals surface area contributed by atoms with E-state index in [4.69, 9.17) is 11.6 Å². The molecule has 0 aliphatic carbocycles. The van der Waals surface area contributed by atoms with Crippen LogP contribution in [0.4, 0.5) is 5.13 Å². The number of thiazole rings is 1. The third-order valence-electron chi connectivity index (χ3n) is 3.63. The van der Waals surface area contributed by atoms with Gasteiger partial charge in [-0.05, 0) is 59.3 Å². The topological polar surface area (TPSA) is 85.6 Å². The molecule has 27 heavy (non-hydrogen) atoms. The predicted molar refractivity (Wildman–Crippen MR) is 108 cm³/mol. The summed E-state index contributed by atoms with van der Waals surface area (Å²) in [4.78, 5) is 16.7. The van der Waals surface area contributed by atoms with E-state index in [0.29, 0.717) is 15.3 Å². The minimum Gasteiger partial charge on any atom is -0.301 e. The van der Waals surface area contributed by atoms with Crippen LogP contribution in [0.25, 0.3) is 15.9 Å². The van der Waals surface area contributed by atoms with Crippen molar-refractivity contribution in [2.24, 2.45) is 0 Å². The number of fused-ring (bicyclic) bond motifs is 1. The van der Waals surface area contributed by atoms with Gasteiger partial charge in [0.2, 0.25) is 11.1 Å². The summed E-state index contributed by atoms with van der Waals surface area (Å²) in [5.74, 6) is 0.00422. The van der Waals surface area contributed by atoms with Crippen LogP contribution >= 0.6 is 34.7 Å². The Morgan fingerprint density at radius 2 is 2.07 bits per heavy atom. The number of aromatic nitrogens is 5. The first-order valence-electron chi connectivity index (χ1n) is 7.93. The molecule has 10 heteroatoms. The molecule has 7 nitrogen and oxygen atoms in total. The molecule has 2 heterocycles. The zero-order chi connectivity index (χ0) is 18.8. The molecule has 0 bridgehead atoms. The number of anilines is 1. The van der Waals surface area contributed by atoms with Gasteiger partial charge >= 0.3 is 0 Å². The number of carbonyl (C=O) groups excluding carboxylic acids is 1. The quantitative estimate of drug-likeness (QED) is 0.495. The molecule has 4 rings (SSSR count). The van der Waals surface area contributed by atoms with E-state index in [9.17, 15) is 4.79 Å². The maximum Gasteiger partial charge on any atom is 0.236 e. The fourth-order valence-corrected chi connectivity index (χ4v) is 4.18. The highest BCUT2D eigenvalue weighted by atomic mass is 35.5. The lowest BCUT2D eigenvalue weighted by Gasteiger charge is -2.04. The number of tetrazole rings is 1. The number of thioether (sulfide) groups is 1. The Hall–Kier alpha value is -2.49. The van der Waals surface area contributed by atoms with E-state index in [1.807, 2.05) is 31.2 Å². The molecular formula is C17H13ClN6OS2. The standard InChI is InChI=1S/C17H13ClN6OS2/c1-10-2-7-13-14(8-10)27-16(19-13)20-15(25)9-26-17-21-22-23-24(17)12-5-3-11(18)4-6-12/h2-8H,9H2,1H3,(H,19,20,25). The molecular weight excluding hydrogens is 404 g/mol. The summed E-state index contributed by atoms with van der Waals surface area (Å²) in [5, 5.41) is 16.2. The summed E-state index contributed by atoms with van der Waals surface area (Å²) < 4.78 is 2.61. The van der Waals surface area contributed by atoms with E-state index in [1.165, 1.54) is 23.1 Å². The molecule has 0 atom stereocenters. The van der Waals surface area contributed by atoms with E-state index >= 15 is 0 Å². The number of hydrogen-bond acceptors (Lipinski definition) is 7. The van der Waals surface area contributed by atoms with Crippen LogP contribution in [-0.2, 0) is 4.79 Å². The summed E-state index contributed by atoms with van der Waals surface area (Å²) in [6.07, 6.45) is 0. The van der Waals surface area contributed by atoms with Gasteiger partial charge in [0.25, 0.3) is 0 Å². The molecule has 0 aliphatic heterocycles. The monoisotopic (exact) mass is 416 g/mol.